The van der Waals surface area contributed by atoms with Gasteiger partial charge in [-0.3, -0.25) is 4.79 Å². The van der Waals surface area contributed by atoms with Crippen LogP contribution in [-0.4, -0.2) is 33.2 Å². The monoisotopic (exact) mass is 403 g/mol. The molecule has 0 fully saturated rings. The highest BCUT2D eigenvalue weighted by atomic mass is 32.1. The molecule has 0 radical (unpaired) electrons. The number of anilines is 1. The minimum Gasteiger partial charge on any atom is -0.497 e. The lowest BCUT2D eigenvalue weighted by molar-refractivity contribution is 0.0601. The molecule has 7 heteroatoms. The molecule has 3 rings (SSSR count). The Hall–Kier alpha value is -2.54. The molecule has 1 aliphatic rings. The third-order valence-electron chi connectivity index (χ3n) is 4.94. The van der Waals surface area contributed by atoms with Crippen LogP contribution in [-0.2, 0) is 17.6 Å². The average molecular weight is 404 g/mol. The zero-order valence-corrected chi connectivity index (χ0v) is 17.2. The number of ether oxygens (including phenoxy) is 3. The molecule has 2 aromatic rings. The maximum absolute atomic E-state index is 12.9. The smallest absolute Gasteiger partial charge is 0.341 e. The zero-order chi connectivity index (χ0) is 20.1. The number of nitrogens with one attached hydrogen (secondary N) is 1. The summed E-state index contributed by atoms with van der Waals surface area (Å²) in [5.41, 5.74) is 1.89. The molecule has 1 N–H and O–H groups in total. The fourth-order valence-electron chi connectivity index (χ4n) is 3.48. The van der Waals surface area contributed by atoms with Gasteiger partial charge in [0.05, 0.1) is 32.5 Å². The Morgan fingerprint density at radius 1 is 1.00 bits per heavy atom. The molecular formula is C21H25NO5S. The number of benzene rings is 1. The van der Waals surface area contributed by atoms with Gasteiger partial charge in [-0.25, -0.2) is 4.79 Å². The van der Waals surface area contributed by atoms with E-state index in [1.807, 2.05) is 0 Å². The first-order valence-electron chi connectivity index (χ1n) is 9.35. The summed E-state index contributed by atoms with van der Waals surface area (Å²) in [5.74, 6) is 0.267. The molecule has 0 atom stereocenters. The number of thiophene rings is 1. The third-order valence-corrected chi connectivity index (χ3v) is 6.15. The van der Waals surface area contributed by atoms with Gasteiger partial charge in [-0.05, 0) is 43.4 Å². The van der Waals surface area contributed by atoms with Crippen LogP contribution in [0.4, 0.5) is 5.00 Å². The van der Waals surface area contributed by atoms with Crippen molar-refractivity contribution in [3.8, 4) is 11.5 Å². The molecule has 1 heterocycles. The Morgan fingerprint density at radius 2 is 1.75 bits per heavy atom. The van der Waals surface area contributed by atoms with Gasteiger partial charge < -0.3 is 19.5 Å². The van der Waals surface area contributed by atoms with Crippen LogP contribution < -0.4 is 14.8 Å². The van der Waals surface area contributed by atoms with Crippen LogP contribution in [0.15, 0.2) is 18.2 Å². The largest absolute Gasteiger partial charge is 0.497 e. The molecule has 28 heavy (non-hydrogen) atoms. The Morgan fingerprint density at radius 3 is 2.43 bits per heavy atom. The predicted molar refractivity (Wildman–Crippen MR) is 109 cm³/mol. The first-order chi connectivity index (χ1) is 13.6. The van der Waals surface area contributed by atoms with Gasteiger partial charge >= 0.3 is 5.97 Å². The summed E-state index contributed by atoms with van der Waals surface area (Å²) in [6.45, 7) is 0. The number of fused-ring (bicyclic) bond motifs is 1. The summed E-state index contributed by atoms with van der Waals surface area (Å²) in [5, 5.41) is 3.45. The minimum absolute atomic E-state index is 0.334. The minimum atomic E-state index is -0.407. The van der Waals surface area contributed by atoms with Crippen LogP contribution in [0.3, 0.4) is 0 Å². The summed E-state index contributed by atoms with van der Waals surface area (Å²) >= 11 is 1.47. The number of carbonyl (C=O) groups excluding carboxylic acids is 2. The van der Waals surface area contributed by atoms with Crippen LogP contribution >= 0.6 is 11.3 Å². The van der Waals surface area contributed by atoms with Gasteiger partial charge in [-0.1, -0.05) is 12.8 Å². The number of esters is 1. The number of methoxy groups -OCH3 is 3. The molecular weight excluding hydrogens is 378 g/mol. The number of amides is 1. The molecule has 0 spiro atoms. The molecule has 0 aliphatic heterocycles. The Kier molecular flexibility index (Phi) is 6.57. The molecule has 0 saturated heterocycles. The van der Waals surface area contributed by atoms with Gasteiger partial charge in [-0.2, -0.15) is 0 Å². The molecule has 1 aromatic carbocycles. The molecule has 6 nitrogen and oxygen atoms in total. The zero-order valence-electron chi connectivity index (χ0n) is 16.4. The van der Waals surface area contributed by atoms with Crippen molar-refractivity contribution in [1.29, 1.82) is 0 Å². The Labute approximate surface area is 168 Å². The van der Waals surface area contributed by atoms with E-state index < -0.39 is 5.97 Å². The standard InChI is InChI=1S/C21H25NO5S/c1-25-13-10-11-14(16(12-13)26-2)19(23)22-20-18(21(24)27-3)15-8-6-4-5-7-9-17(15)28-20/h10-12H,4-9H2,1-3H3,(H,22,23). The van der Waals surface area contributed by atoms with Crippen molar-refractivity contribution in [3.05, 3.63) is 39.8 Å². The SMILES string of the molecule is COC(=O)c1c(NC(=O)c2ccc(OC)cc2OC)sc2c1CCCCCC2. The van der Waals surface area contributed by atoms with Crippen LogP contribution in [0, 0.1) is 0 Å². The van der Waals surface area contributed by atoms with E-state index in [2.05, 4.69) is 5.32 Å². The maximum atomic E-state index is 12.9. The van der Waals surface area contributed by atoms with E-state index in [9.17, 15) is 9.59 Å². The lowest BCUT2D eigenvalue weighted by Gasteiger charge is -2.12. The highest BCUT2D eigenvalue weighted by Crippen LogP contribution is 2.38. The number of aryl methyl sites for hydroxylation is 1. The first-order valence-corrected chi connectivity index (χ1v) is 10.2. The molecule has 1 aliphatic carbocycles. The van der Waals surface area contributed by atoms with Crippen molar-refractivity contribution in [2.24, 2.45) is 0 Å². The van der Waals surface area contributed by atoms with Crippen molar-refractivity contribution < 1.29 is 23.8 Å². The van der Waals surface area contributed by atoms with E-state index >= 15 is 0 Å². The fraction of sp³-hybridized carbons (Fsp3) is 0.429. The second-order valence-corrected chi connectivity index (χ2v) is 7.74. The summed E-state index contributed by atoms with van der Waals surface area (Å²) in [6, 6.07) is 5.00. The maximum Gasteiger partial charge on any atom is 0.341 e. The van der Waals surface area contributed by atoms with Crippen molar-refractivity contribution in [2.45, 2.75) is 38.5 Å². The van der Waals surface area contributed by atoms with Crippen LogP contribution in [0.25, 0.3) is 0 Å². The number of carbonyl (C=O) groups is 2. The highest BCUT2D eigenvalue weighted by Gasteiger charge is 2.26. The second kappa shape index (κ2) is 9.10. The van der Waals surface area contributed by atoms with E-state index in [4.69, 9.17) is 14.2 Å². The van der Waals surface area contributed by atoms with E-state index in [1.165, 1.54) is 32.0 Å². The number of hydrogen-bond acceptors (Lipinski definition) is 6. The van der Waals surface area contributed by atoms with E-state index in [-0.39, 0.29) is 5.91 Å². The quantitative estimate of drug-likeness (QED) is 0.746. The number of hydrogen-bond donors (Lipinski definition) is 1. The first kappa shape index (κ1) is 20.2. The molecule has 1 amide bonds. The Balaban J connectivity index is 1.96. The summed E-state index contributed by atoms with van der Waals surface area (Å²) < 4.78 is 15.5. The average Bonchev–Trinajstić information content (AvgIpc) is 3.02. The molecule has 0 saturated carbocycles. The third kappa shape index (κ3) is 4.14. The molecule has 0 unspecified atom stereocenters. The van der Waals surface area contributed by atoms with Gasteiger partial charge in [0.1, 0.15) is 16.5 Å². The lowest BCUT2D eigenvalue weighted by atomic mass is 9.96. The van der Waals surface area contributed by atoms with E-state index in [1.54, 1.807) is 25.3 Å². The topological polar surface area (TPSA) is 73.9 Å². The van der Waals surface area contributed by atoms with E-state index in [0.29, 0.717) is 27.6 Å². The van der Waals surface area contributed by atoms with Crippen LogP contribution in [0.1, 0.15) is 56.8 Å². The molecule has 0 bridgehead atoms. The summed E-state index contributed by atoms with van der Waals surface area (Å²) in [4.78, 5) is 26.6. The Bertz CT molecular complexity index is 874. The lowest BCUT2D eigenvalue weighted by Crippen LogP contribution is -2.15. The normalized spacial score (nSPS) is 13.7. The number of rotatable bonds is 5. The van der Waals surface area contributed by atoms with Crippen LogP contribution in [0.5, 0.6) is 11.5 Å². The highest BCUT2D eigenvalue weighted by molar-refractivity contribution is 7.17. The van der Waals surface area contributed by atoms with Crippen molar-refractivity contribution in [1.82, 2.24) is 0 Å². The second-order valence-electron chi connectivity index (χ2n) is 6.63. The predicted octanol–water partition coefficient (Wildman–Crippen LogP) is 4.46. The van der Waals surface area contributed by atoms with Crippen molar-refractivity contribution in [2.75, 3.05) is 26.6 Å². The van der Waals surface area contributed by atoms with Gasteiger partial charge in [-0.15, -0.1) is 11.3 Å². The molecule has 150 valence electrons. The van der Waals surface area contributed by atoms with Gasteiger partial charge in [0.25, 0.3) is 5.91 Å². The summed E-state index contributed by atoms with van der Waals surface area (Å²) in [6.07, 6.45) is 6.22. The van der Waals surface area contributed by atoms with Crippen molar-refractivity contribution >= 4 is 28.2 Å². The molecule has 1 aromatic heterocycles. The van der Waals surface area contributed by atoms with Gasteiger partial charge in [0, 0.05) is 10.9 Å². The van der Waals surface area contributed by atoms with Crippen LogP contribution in [0.2, 0.25) is 0 Å². The summed E-state index contributed by atoms with van der Waals surface area (Å²) in [7, 11) is 4.42. The van der Waals surface area contributed by atoms with E-state index in [0.717, 1.165) is 42.5 Å². The van der Waals surface area contributed by atoms with Gasteiger partial charge in [0.15, 0.2) is 0 Å². The van der Waals surface area contributed by atoms with Gasteiger partial charge in [0.2, 0.25) is 0 Å². The fourth-order valence-corrected chi connectivity index (χ4v) is 4.75. The van der Waals surface area contributed by atoms with Crippen molar-refractivity contribution in [3.63, 3.8) is 0 Å².